The zero-order valence-corrected chi connectivity index (χ0v) is 14.0. The highest BCUT2D eigenvalue weighted by Crippen LogP contribution is 2.25. The van der Waals surface area contributed by atoms with Crippen molar-refractivity contribution in [3.05, 3.63) is 52.2 Å². The van der Waals surface area contributed by atoms with Gasteiger partial charge in [0, 0.05) is 11.0 Å². The Morgan fingerprint density at radius 3 is 2.72 bits per heavy atom. The van der Waals surface area contributed by atoms with Crippen LogP contribution in [0.1, 0.15) is 10.4 Å². The van der Waals surface area contributed by atoms with Crippen LogP contribution in [-0.2, 0) is 14.3 Å². The van der Waals surface area contributed by atoms with Gasteiger partial charge in [0.05, 0.1) is 5.69 Å². The minimum absolute atomic E-state index is 0.0635. The van der Waals surface area contributed by atoms with E-state index in [-0.39, 0.29) is 11.4 Å². The molecule has 2 aromatic rings. The first-order valence-electron chi connectivity index (χ1n) is 7.18. The Labute approximate surface area is 146 Å². The fraction of sp³-hybridized carbons (Fsp3) is 0.176. The van der Waals surface area contributed by atoms with Gasteiger partial charge in [-0.15, -0.1) is 11.3 Å². The van der Waals surface area contributed by atoms with E-state index in [1.807, 2.05) is 18.4 Å². The molecule has 0 aliphatic carbocycles. The Bertz CT molecular complexity index is 774. The average molecular weight is 367 g/mol. The quantitative estimate of drug-likeness (QED) is 0.596. The Balaban J connectivity index is 1.86. The number of carbonyl (C=O) groups excluding carboxylic acids is 2. The molecule has 1 amide bonds. The molecule has 2 rings (SSSR count). The van der Waals surface area contributed by atoms with Crippen molar-refractivity contribution < 1.29 is 27.8 Å². The molecule has 8 heteroatoms. The van der Waals surface area contributed by atoms with Crippen molar-refractivity contribution in [1.29, 1.82) is 0 Å². The maximum Gasteiger partial charge on any atom is 0.387 e. The van der Waals surface area contributed by atoms with Crippen LogP contribution in [0, 0.1) is 6.92 Å². The molecule has 1 aromatic heterocycles. The third kappa shape index (κ3) is 6.00. The van der Waals surface area contributed by atoms with E-state index in [9.17, 15) is 18.4 Å². The SMILES string of the molecule is Cc1ccsc1/C=C/C(=O)OCC(=O)Nc1ccccc1OC(F)F. The summed E-state index contributed by atoms with van der Waals surface area (Å²) in [4.78, 5) is 24.3. The number of carbonyl (C=O) groups is 2. The molecule has 0 fully saturated rings. The van der Waals surface area contributed by atoms with Gasteiger partial charge in [0.1, 0.15) is 5.75 Å². The summed E-state index contributed by atoms with van der Waals surface area (Å²) in [6, 6.07) is 7.65. The second-order valence-corrected chi connectivity index (χ2v) is 5.78. The predicted octanol–water partition coefficient (Wildman–Crippen LogP) is 3.85. The minimum atomic E-state index is -3.01. The van der Waals surface area contributed by atoms with Gasteiger partial charge < -0.3 is 14.8 Å². The minimum Gasteiger partial charge on any atom is -0.452 e. The highest BCUT2D eigenvalue weighted by atomic mass is 32.1. The van der Waals surface area contributed by atoms with Gasteiger partial charge >= 0.3 is 12.6 Å². The number of esters is 1. The number of ether oxygens (including phenoxy) is 2. The molecule has 132 valence electrons. The molecule has 0 aliphatic heterocycles. The normalized spacial score (nSPS) is 10.9. The molecule has 0 aliphatic rings. The molecule has 5 nitrogen and oxygen atoms in total. The monoisotopic (exact) mass is 367 g/mol. The number of alkyl halides is 2. The summed E-state index contributed by atoms with van der Waals surface area (Å²) in [5.41, 5.74) is 1.09. The van der Waals surface area contributed by atoms with E-state index in [1.54, 1.807) is 12.1 Å². The lowest BCUT2D eigenvalue weighted by molar-refractivity contribution is -0.142. The zero-order valence-electron chi connectivity index (χ0n) is 13.2. The Morgan fingerprint density at radius 1 is 1.28 bits per heavy atom. The molecule has 0 unspecified atom stereocenters. The molecule has 0 spiro atoms. The van der Waals surface area contributed by atoms with Crippen LogP contribution < -0.4 is 10.1 Å². The maximum absolute atomic E-state index is 12.3. The van der Waals surface area contributed by atoms with Crippen LogP contribution in [0.3, 0.4) is 0 Å². The molecule has 25 heavy (non-hydrogen) atoms. The third-order valence-corrected chi connectivity index (χ3v) is 3.98. The van der Waals surface area contributed by atoms with Gasteiger partial charge in [0.15, 0.2) is 6.61 Å². The molecule has 0 saturated carbocycles. The van der Waals surface area contributed by atoms with Crippen molar-refractivity contribution in [2.75, 3.05) is 11.9 Å². The zero-order chi connectivity index (χ0) is 18.2. The van der Waals surface area contributed by atoms with Crippen molar-refractivity contribution in [3.63, 3.8) is 0 Å². The first-order chi connectivity index (χ1) is 12.0. The maximum atomic E-state index is 12.3. The van der Waals surface area contributed by atoms with E-state index >= 15 is 0 Å². The van der Waals surface area contributed by atoms with Gasteiger partial charge in [-0.3, -0.25) is 4.79 Å². The number of anilines is 1. The van der Waals surface area contributed by atoms with E-state index < -0.39 is 25.1 Å². The summed E-state index contributed by atoms with van der Waals surface area (Å²) >= 11 is 1.48. The van der Waals surface area contributed by atoms with Crippen LogP contribution in [-0.4, -0.2) is 25.1 Å². The van der Waals surface area contributed by atoms with Crippen LogP contribution in [0.5, 0.6) is 5.75 Å². The van der Waals surface area contributed by atoms with Crippen LogP contribution in [0.25, 0.3) is 6.08 Å². The van der Waals surface area contributed by atoms with E-state index in [0.29, 0.717) is 0 Å². The number of hydrogen-bond donors (Lipinski definition) is 1. The number of benzene rings is 1. The van der Waals surface area contributed by atoms with Crippen LogP contribution in [0.4, 0.5) is 14.5 Å². The number of halogens is 2. The van der Waals surface area contributed by atoms with Crippen molar-refractivity contribution in [3.8, 4) is 5.75 Å². The molecule has 1 N–H and O–H groups in total. The summed E-state index contributed by atoms with van der Waals surface area (Å²) < 4.78 is 33.7. The van der Waals surface area contributed by atoms with Crippen molar-refractivity contribution in [2.45, 2.75) is 13.5 Å². The summed E-state index contributed by atoms with van der Waals surface area (Å²) in [7, 11) is 0. The van der Waals surface area contributed by atoms with Crippen molar-refractivity contribution in [2.24, 2.45) is 0 Å². The summed E-state index contributed by atoms with van der Waals surface area (Å²) in [6.07, 6.45) is 2.83. The number of para-hydroxylation sites is 2. The molecular formula is C17H15F2NO4S. The van der Waals surface area contributed by atoms with Gasteiger partial charge in [0.25, 0.3) is 5.91 Å². The lowest BCUT2D eigenvalue weighted by atomic mass is 10.3. The number of aryl methyl sites for hydroxylation is 1. The van der Waals surface area contributed by atoms with Gasteiger partial charge in [-0.2, -0.15) is 8.78 Å². The second-order valence-electron chi connectivity index (χ2n) is 4.83. The third-order valence-electron chi connectivity index (χ3n) is 3.00. The second kappa shape index (κ2) is 8.93. The molecule has 0 radical (unpaired) electrons. The van der Waals surface area contributed by atoms with Gasteiger partial charge in [-0.1, -0.05) is 12.1 Å². The number of nitrogens with one attached hydrogen (secondary N) is 1. The topological polar surface area (TPSA) is 64.6 Å². The number of amides is 1. The van der Waals surface area contributed by atoms with Crippen LogP contribution in [0.2, 0.25) is 0 Å². The standard InChI is InChI=1S/C17H15F2NO4S/c1-11-8-9-25-14(11)6-7-16(22)23-10-15(21)20-12-4-2-3-5-13(12)24-17(18)19/h2-9,17H,10H2,1H3,(H,20,21)/b7-6+. The highest BCUT2D eigenvalue weighted by molar-refractivity contribution is 7.11. The van der Waals surface area contributed by atoms with E-state index in [1.165, 1.54) is 35.6 Å². The fourth-order valence-corrected chi connectivity index (χ4v) is 2.66. The predicted molar refractivity (Wildman–Crippen MR) is 90.8 cm³/mol. The Morgan fingerprint density at radius 2 is 2.04 bits per heavy atom. The van der Waals surface area contributed by atoms with Crippen LogP contribution >= 0.6 is 11.3 Å². The number of rotatable bonds is 7. The summed E-state index contributed by atoms with van der Waals surface area (Å²) in [6.45, 7) is -1.65. The van der Waals surface area contributed by atoms with E-state index in [2.05, 4.69) is 10.1 Å². The number of hydrogen-bond acceptors (Lipinski definition) is 5. The summed E-state index contributed by atoms with van der Waals surface area (Å²) in [5, 5.41) is 4.25. The van der Waals surface area contributed by atoms with Crippen molar-refractivity contribution in [1.82, 2.24) is 0 Å². The molecule has 1 heterocycles. The molecule has 0 saturated heterocycles. The largest absolute Gasteiger partial charge is 0.452 e. The first kappa shape index (κ1) is 18.6. The fourth-order valence-electron chi connectivity index (χ4n) is 1.84. The number of thiophene rings is 1. The molecular weight excluding hydrogens is 352 g/mol. The Hall–Kier alpha value is -2.74. The average Bonchev–Trinajstić information content (AvgIpc) is 2.97. The Kier molecular flexibility index (Phi) is 6.64. The van der Waals surface area contributed by atoms with Gasteiger partial charge in [-0.05, 0) is 42.1 Å². The molecule has 0 bridgehead atoms. The van der Waals surface area contributed by atoms with E-state index in [4.69, 9.17) is 4.74 Å². The summed E-state index contributed by atoms with van der Waals surface area (Å²) in [5.74, 6) is -1.52. The van der Waals surface area contributed by atoms with Gasteiger partial charge in [-0.25, -0.2) is 4.79 Å². The van der Waals surface area contributed by atoms with E-state index in [0.717, 1.165) is 10.4 Å². The van der Waals surface area contributed by atoms with Crippen molar-refractivity contribution >= 4 is 35.0 Å². The lowest BCUT2D eigenvalue weighted by Gasteiger charge is -2.11. The first-order valence-corrected chi connectivity index (χ1v) is 8.06. The molecule has 1 aromatic carbocycles. The smallest absolute Gasteiger partial charge is 0.387 e. The lowest BCUT2D eigenvalue weighted by Crippen LogP contribution is -2.20. The molecule has 0 atom stereocenters. The highest BCUT2D eigenvalue weighted by Gasteiger charge is 2.12. The van der Waals surface area contributed by atoms with Gasteiger partial charge in [0.2, 0.25) is 0 Å². The van der Waals surface area contributed by atoms with Crippen LogP contribution in [0.15, 0.2) is 41.8 Å².